The Hall–Kier alpha value is -1.22. The second-order valence-corrected chi connectivity index (χ2v) is 13.9. The van der Waals surface area contributed by atoms with E-state index in [-0.39, 0.29) is 54.9 Å². The monoisotopic (exact) mass is 559 g/mol. The first-order valence-corrected chi connectivity index (χ1v) is 16.5. The molecule has 8 heteroatoms. The molecule has 3 saturated heterocycles. The van der Waals surface area contributed by atoms with Crippen LogP contribution in [0.2, 0.25) is 0 Å². The summed E-state index contributed by atoms with van der Waals surface area (Å²) in [6, 6.07) is 1.10. The topological polar surface area (TPSA) is 89.1 Å². The van der Waals surface area contributed by atoms with Crippen LogP contribution in [-0.4, -0.2) is 86.6 Å². The molecule has 2 N–H and O–H groups in total. The van der Waals surface area contributed by atoms with Gasteiger partial charge in [-0.05, 0) is 88.5 Å². The molecule has 0 radical (unpaired) electrons. The molecule has 2 amide bonds. The number of fused-ring (bicyclic) bond motifs is 5. The smallest absolute Gasteiger partial charge is 0.246 e. The Balaban J connectivity index is 1.05. The molecule has 3 aliphatic carbocycles. The van der Waals surface area contributed by atoms with Gasteiger partial charge in [0.15, 0.2) is 0 Å². The quantitative estimate of drug-likeness (QED) is 0.448. The van der Waals surface area contributed by atoms with Crippen molar-refractivity contribution in [1.29, 1.82) is 0 Å². The zero-order chi connectivity index (χ0) is 27.8. The van der Waals surface area contributed by atoms with Crippen molar-refractivity contribution in [3.05, 3.63) is 0 Å². The fourth-order valence-corrected chi connectivity index (χ4v) is 10.0. The van der Waals surface area contributed by atoms with Crippen LogP contribution in [0.25, 0.3) is 0 Å². The predicted molar refractivity (Wildman–Crippen MR) is 153 cm³/mol. The average molecular weight is 560 g/mol. The summed E-state index contributed by atoms with van der Waals surface area (Å²) in [5.41, 5.74) is 0. The van der Waals surface area contributed by atoms with Gasteiger partial charge in [0, 0.05) is 32.3 Å². The Morgan fingerprint density at radius 3 is 2.60 bits per heavy atom. The normalized spacial score (nSPS) is 42.1. The maximum absolute atomic E-state index is 14.2. The number of carbonyl (C=O) groups is 2. The van der Waals surface area contributed by atoms with Crippen LogP contribution in [0.15, 0.2) is 0 Å². The lowest BCUT2D eigenvalue weighted by Gasteiger charge is -2.55. The zero-order valence-corrected chi connectivity index (χ0v) is 25.0. The van der Waals surface area contributed by atoms with E-state index in [1.807, 2.05) is 0 Å². The van der Waals surface area contributed by atoms with Crippen LogP contribution < -0.4 is 10.6 Å². The molecule has 6 fully saturated rings. The number of nitrogens with zero attached hydrogens (tertiary/aromatic N) is 1. The van der Waals surface area contributed by atoms with Crippen molar-refractivity contribution >= 4 is 11.8 Å². The fraction of sp³-hybridized carbons (Fsp3) is 0.938. The molecule has 3 saturated carbocycles. The summed E-state index contributed by atoms with van der Waals surface area (Å²) in [7, 11) is 3.48. The van der Waals surface area contributed by atoms with Gasteiger partial charge < -0.3 is 29.7 Å². The maximum atomic E-state index is 14.2. The Labute approximate surface area is 241 Å². The second kappa shape index (κ2) is 12.6. The molecule has 11 atom stereocenters. The van der Waals surface area contributed by atoms with Crippen LogP contribution in [0.1, 0.15) is 90.4 Å². The minimum Gasteiger partial charge on any atom is -0.379 e. The van der Waals surface area contributed by atoms with E-state index in [2.05, 4.69) is 22.5 Å². The third-order valence-corrected chi connectivity index (χ3v) is 11.8. The van der Waals surface area contributed by atoms with Crippen LogP contribution in [-0.2, 0) is 23.8 Å². The number of hydrogen-bond donors (Lipinski definition) is 2. The number of methoxy groups -OCH3 is 2. The molecule has 40 heavy (non-hydrogen) atoms. The number of amides is 2. The predicted octanol–water partition coefficient (Wildman–Crippen LogP) is 3.66. The van der Waals surface area contributed by atoms with Gasteiger partial charge >= 0.3 is 0 Å². The van der Waals surface area contributed by atoms with Gasteiger partial charge in [0.05, 0.1) is 30.3 Å². The minimum absolute atomic E-state index is 0.0154. The average Bonchev–Trinajstić information content (AvgIpc) is 3.32. The van der Waals surface area contributed by atoms with Crippen LogP contribution in [0.4, 0.5) is 0 Å². The van der Waals surface area contributed by atoms with Crippen LogP contribution in [0, 0.1) is 29.6 Å². The van der Waals surface area contributed by atoms with Gasteiger partial charge in [0.2, 0.25) is 11.8 Å². The lowest BCUT2D eigenvalue weighted by Crippen LogP contribution is -2.70. The Bertz CT molecular complexity index is 896. The number of ether oxygens (including phenoxy) is 3. The lowest BCUT2D eigenvalue weighted by molar-refractivity contribution is -0.175. The van der Waals surface area contributed by atoms with Gasteiger partial charge in [0.1, 0.15) is 6.61 Å². The van der Waals surface area contributed by atoms with Gasteiger partial charge in [-0.1, -0.05) is 32.1 Å². The van der Waals surface area contributed by atoms with Gasteiger partial charge in [0.25, 0.3) is 0 Å². The van der Waals surface area contributed by atoms with Gasteiger partial charge in [-0.15, -0.1) is 0 Å². The van der Waals surface area contributed by atoms with E-state index in [9.17, 15) is 9.59 Å². The summed E-state index contributed by atoms with van der Waals surface area (Å²) in [6.45, 7) is 3.29. The number of carbonyl (C=O) groups excluding carboxylic acids is 2. The molecule has 11 unspecified atom stereocenters. The van der Waals surface area contributed by atoms with Crippen molar-refractivity contribution in [1.82, 2.24) is 15.5 Å². The maximum Gasteiger partial charge on any atom is 0.246 e. The Kier molecular flexibility index (Phi) is 9.07. The lowest BCUT2D eigenvalue weighted by atomic mass is 9.64. The van der Waals surface area contributed by atoms with Gasteiger partial charge in [-0.2, -0.15) is 0 Å². The first kappa shape index (κ1) is 28.9. The number of rotatable bonds is 9. The number of piperidine rings is 2. The molecule has 8 nitrogen and oxygen atoms in total. The van der Waals surface area contributed by atoms with Crippen LogP contribution in [0.3, 0.4) is 0 Å². The molecule has 6 aliphatic rings. The molecule has 0 spiro atoms. The summed E-state index contributed by atoms with van der Waals surface area (Å²) in [5, 5.41) is 7.04. The number of nitrogens with one attached hydrogen (secondary N) is 2. The summed E-state index contributed by atoms with van der Waals surface area (Å²) >= 11 is 0. The number of hydrogen-bond acceptors (Lipinski definition) is 6. The summed E-state index contributed by atoms with van der Waals surface area (Å²) in [6.07, 6.45) is 14.9. The molecule has 0 aromatic heterocycles. The van der Waals surface area contributed by atoms with Crippen LogP contribution >= 0.6 is 0 Å². The SMILES string of the molecule is COC1CCC2C3NCCC4C5CC(OCC(=O)NC(C)CCC6CCCCC6)CCC5N(C(=O)C2C1OC)C43. The Morgan fingerprint density at radius 1 is 1.00 bits per heavy atom. The molecule has 0 aromatic carbocycles. The molecule has 3 aliphatic heterocycles. The van der Waals surface area contributed by atoms with E-state index in [0.717, 1.165) is 57.4 Å². The van der Waals surface area contributed by atoms with E-state index in [0.29, 0.717) is 29.7 Å². The van der Waals surface area contributed by atoms with E-state index in [4.69, 9.17) is 14.2 Å². The molecular weight excluding hydrogens is 506 g/mol. The van der Waals surface area contributed by atoms with E-state index >= 15 is 0 Å². The van der Waals surface area contributed by atoms with Crippen LogP contribution in [0.5, 0.6) is 0 Å². The standard InChI is InChI=1S/C32H53N3O5/c1-19(9-10-20-7-5-4-6-8-20)34-27(36)18-40-21-11-13-25-24(17-21)22-15-16-33-29-23-12-14-26(38-2)31(39-3)28(23)32(37)35(25)30(22)29/h19-26,28-31,33H,4-18H2,1-3H3,(H,34,36). The summed E-state index contributed by atoms with van der Waals surface area (Å²) in [4.78, 5) is 29.2. The first-order chi connectivity index (χ1) is 19.5. The minimum atomic E-state index is -0.179. The highest BCUT2D eigenvalue weighted by atomic mass is 16.5. The van der Waals surface area contributed by atoms with Crippen molar-refractivity contribution in [2.45, 2.75) is 133 Å². The Morgan fingerprint density at radius 2 is 1.82 bits per heavy atom. The summed E-state index contributed by atoms with van der Waals surface area (Å²) < 4.78 is 18.0. The van der Waals surface area contributed by atoms with Crippen molar-refractivity contribution < 1.29 is 23.8 Å². The highest BCUT2D eigenvalue weighted by Gasteiger charge is 2.64. The van der Waals surface area contributed by atoms with Crippen molar-refractivity contribution in [2.24, 2.45) is 29.6 Å². The van der Waals surface area contributed by atoms with Gasteiger partial charge in [-0.25, -0.2) is 0 Å². The zero-order valence-electron chi connectivity index (χ0n) is 25.0. The first-order valence-electron chi connectivity index (χ1n) is 16.5. The molecule has 0 aromatic rings. The van der Waals surface area contributed by atoms with Crippen molar-refractivity contribution in [3.8, 4) is 0 Å². The highest BCUT2D eigenvalue weighted by Crippen LogP contribution is 2.54. The molecule has 6 rings (SSSR count). The van der Waals surface area contributed by atoms with Gasteiger partial charge in [-0.3, -0.25) is 9.59 Å². The van der Waals surface area contributed by atoms with E-state index in [1.54, 1.807) is 14.2 Å². The summed E-state index contributed by atoms with van der Waals surface area (Å²) in [5.74, 6) is 2.30. The molecule has 226 valence electrons. The van der Waals surface area contributed by atoms with E-state index in [1.165, 1.54) is 38.5 Å². The molecule has 3 heterocycles. The third-order valence-electron chi connectivity index (χ3n) is 11.8. The third kappa shape index (κ3) is 5.47. The fourth-order valence-electron chi connectivity index (χ4n) is 10.0. The van der Waals surface area contributed by atoms with Crippen molar-refractivity contribution in [3.63, 3.8) is 0 Å². The van der Waals surface area contributed by atoms with Crippen molar-refractivity contribution in [2.75, 3.05) is 27.4 Å². The second-order valence-electron chi connectivity index (χ2n) is 13.9. The highest BCUT2D eigenvalue weighted by molar-refractivity contribution is 5.83. The molecule has 0 bridgehead atoms. The largest absolute Gasteiger partial charge is 0.379 e. The van der Waals surface area contributed by atoms with E-state index < -0.39 is 0 Å². The molecular formula is C32H53N3O5.